The standard InChI is InChI=1S/C12H25N3/c1-10-12-8-13-7-11(12)9-15(10)6-4-5-14(2)3/h10-13H,4-9H2,1-3H3. The Morgan fingerprint density at radius 2 is 2.13 bits per heavy atom. The highest BCUT2D eigenvalue weighted by molar-refractivity contribution is 4.96. The topological polar surface area (TPSA) is 18.5 Å². The van der Waals surface area contributed by atoms with E-state index in [4.69, 9.17) is 0 Å². The lowest BCUT2D eigenvalue weighted by atomic mass is 9.95. The molecule has 0 aliphatic carbocycles. The number of likely N-dealkylation sites (tertiary alicyclic amines) is 1. The maximum absolute atomic E-state index is 3.51. The second-order valence-electron chi connectivity index (χ2n) is 5.47. The number of fused-ring (bicyclic) bond motifs is 1. The molecule has 0 aromatic carbocycles. The van der Waals surface area contributed by atoms with Gasteiger partial charge in [0.15, 0.2) is 0 Å². The Morgan fingerprint density at radius 1 is 1.33 bits per heavy atom. The van der Waals surface area contributed by atoms with Crippen LogP contribution in [0.3, 0.4) is 0 Å². The number of nitrogens with one attached hydrogen (secondary N) is 1. The minimum Gasteiger partial charge on any atom is -0.316 e. The van der Waals surface area contributed by atoms with E-state index in [1.165, 1.54) is 39.1 Å². The van der Waals surface area contributed by atoms with Gasteiger partial charge in [-0.1, -0.05) is 0 Å². The molecule has 0 bridgehead atoms. The van der Waals surface area contributed by atoms with Crippen molar-refractivity contribution in [3.05, 3.63) is 0 Å². The van der Waals surface area contributed by atoms with Crippen molar-refractivity contribution in [1.82, 2.24) is 15.1 Å². The van der Waals surface area contributed by atoms with Crippen molar-refractivity contribution >= 4 is 0 Å². The van der Waals surface area contributed by atoms with Gasteiger partial charge in [-0.2, -0.15) is 0 Å². The molecule has 0 radical (unpaired) electrons. The monoisotopic (exact) mass is 211 g/mol. The van der Waals surface area contributed by atoms with Gasteiger partial charge in [-0.25, -0.2) is 0 Å². The van der Waals surface area contributed by atoms with Gasteiger partial charge in [-0.05, 0) is 65.5 Å². The first-order valence-electron chi connectivity index (χ1n) is 6.28. The SMILES string of the molecule is CC1C2CNCC2CN1CCCN(C)C. The van der Waals surface area contributed by atoms with E-state index in [0.717, 1.165) is 17.9 Å². The van der Waals surface area contributed by atoms with Crippen LogP contribution in [0.5, 0.6) is 0 Å². The number of hydrogen-bond donors (Lipinski definition) is 1. The minimum atomic E-state index is 0.798. The Hall–Kier alpha value is -0.120. The summed E-state index contributed by atoms with van der Waals surface area (Å²) in [7, 11) is 4.32. The van der Waals surface area contributed by atoms with E-state index >= 15 is 0 Å². The number of hydrogen-bond acceptors (Lipinski definition) is 3. The van der Waals surface area contributed by atoms with Crippen LogP contribution in [-0.2, 0) is 0 Å². The van der Waals surface area contributed by atoms with Gasteiger partial charge in [0, 0.05) is 12.6 Å². The molecule has 3 unspecified atom stereocenters. The van der Waals surface area contributed by atoms with Crippen LogP contribution in [0.15, 0.2) is 0 Å². The molecule has 0 spiro atoms. The predicted molar refractivity (Wildman–Crippen MR) is 64.1 cm³/mol. The van der Waals surface area contributed by atoms with Crippen molar-refractivity contribution in [2.45, 2.75) is 19.4 Å². The van der Waals surface area contributed by atoms with Crippen molar-refractivity contribution in [2.75, 3.05) is 46.8 Å². The number of rotatable bonds is 4. The van der Waals surface area contributed by atoms with E-state index in [1.807, 2.05) is 0 Å². The van der Waals surface area contributed by atoms with Crippen molar-refractivity contribution in [3.63, 3.8) is 0 Å². The Kier molecular flexibility index (Phi) is 3.65. The quantitative estimate of drug-likeness (QED) is 0.729. The van der Waals surface area contributed by atoms with Gasteiger partial charge < -0.3 is 10.2 Å². The Labute approximate surface area is 93.8 Å². The summed E-state index contributed by atoms with van der Waals surface area (Å²) in [6.45, 7) is 8.73. The average molecular weight is 211 g/mol. The molecular formula is C12H25N3. The Balaban J connectivity index is 1.75. The highest BCUT2D eigenvalue weighted by atomic mass is 15.2. The molecular weight excluding hydrogens is 186 g/mol. The van der Waals surface area contributed by atoms with Crippen LogP contribution >= 0.6 is 0 Å². The summed E-state index contributed by atoms with van der Waals surface area (Å²) < 4.78 is 0. The van der Waals surface area contributed by atoms with E-state index in [-0.39, 0.29) is 0 Å². The smallest absolute Gasteiger partial charge is 0.0111 e. The van der Waals surface area contributed by atoms with Crippen molar-refractivity contribution < 1.29 is 0 Å². The molecule has 3 heteroatoms. The fourth-order valence-electron chi connectivity index (χ4n) is 3.14. The summed E-state index contributed by atoms with van der Waals surface area (Å²) in [5.41, 5.74) is 0. The largest absolute Gasteiger partial charge is 0.316 e. The van der Waals surface area contributed by atoms with Gasteiger partial charge >= 0.3 is 0 Å². The highest BCUT2D eigenvalue weighted by Crippen LogP contribution is 2.31. The molecule has 0 aromatic heterocycles. The van der Waals surface area contributed by atoms with Gasteiger partial charge in [0.2, 0.25) is 0 Å². The molecule has 88 valence electrons. The van der Waals surface area contributed by atoms with Crippen LogP contribution in [0, 0.1) is 11.8 Å². The summed E-state index contributed by atoms with van der Waals surface area (Å²) in [4.78, 5) is 4.97. The molecule has 2 heterocycles. The van der Waals surface area contributed by atoms with Crippen LogP contribution in [0.4, 0.5) is 0 Å². The van der Waals surface area contributed by atoms with Crippen LogP contribution in [-0.4, -0.2) is 62.7 Å². The predicted octanol–water partition coefficient (Wildman–Crippen LogP) is 0.478. The molecule has 2 rings (SSSR count). The third kappa shape index (κ3) is 2.52. The lowest BCUT2D eigenvalue weighted by Crippen LogP contribution is -2.35. The zero-order chi connectivity index (χ0) is 10.8. The third-order valence-corrected chi connectivity index (χ3v) is 4.11. The maximum atomic E-state index is 3.51. The van der Waals surface area contributed by atoms with Gasteiger partial charge in [0.1, 0.15) is 0 Å². The highest BCUT2D eigenvalue weighted by Gasteiger charge is 2.41. The van der Waals surface area contributed by atoms with Crippen molar-refractivity contribution in [1.29, 1.82) is 0 Å². The lowest BCUT2D eigenvalue weighted by molar-refractivity contribution is 0.226. The van der Waals surface area contributed by atoms with Gasteiger partial charge in [-0.3, -0.25) is 4.90 Å². The molecule has 2 fully saturated rings. The van der Waals surface area contributed by atoms with Crippen LogP contribution in [0.2, 0.25) is 0 Å². The van der Waals surface area contributed by atoms with Crippen LogP contribution < -0.4 is 5.32 Å². The van der Waals surface area contributed by atoms with E-state index in [1.54, 1.807) is 0 Å². The fraction of sp³-hybridized carbons (Fsp3) is 1.00. The first-order chi connectivity index (χ1) is 7.18. The van der Waals surface area contributed by atoms with Gasteiger partial charge in [-0.15, -0.1) is 0 Å². The Morgan fingerprint density at radius 3 is 2.80 bits per heavy atom. The summed E-state index contributed by atoms with van der Waals surface area (Å²) in [5.74, 6) is 1.85. The first kappa shape index (κ1) is 11.4. The van der Waals surface area contributed by atoms with E-state index < -0.39 is 0 Å². The molecule has 1 N–H and O–H groups in total. The average Bonchev–Trinajstić information content (AvgIpc) is 2.71. The van der Waals surface area contributed by atoms with Gasteiger partial charge in [0.05, 0.1) is 0 Å². The zero-order valence-corrected chi connectivity index (χ0v) is 10.4. The Bertz CT molecular complexity index is 205. The van der Waals surface area contributed by atoms with E-state index in [0.29, 0.717) is 0 Å². The van der Waals surface area contributed by atoms with E-state index in [9.17, 15) is 0 Å². The fourth-order valence-corrected chi connectivity index (χ4v) is 3.14. The summed E-state index contributed by atoms with van der Waals surface area (Å²) in [6, 6.07) is 0.798. The molecule has 3 nitrogen and oxygen atoms in total. The number of nitrogens with zero attached hydrogens (tertiary/aromatic N) is 2. The van der Waals surface area contributed by atoms with E-state index in [2.05, 4.69) is 36.1 Å². The molecule has 15 heavy (non-hydrogen) atoms. The first-order valence-corrected chi connectivity index (χ1v) is 6.28. The molecule has 0 aromatic rings. The summed E-state index contributed by atoms with van der Waals surface area (Å²) in [6.07, 6.45) is 1.31. The normalized spacial score (nSPS) is 36.4. The molecule has 2 aliphatic heterocycles. The minimum absolute atomic E-state index is 0.798. The molecule has 3 atom stereocenters. The maximum Gasteiger partial charge on any atom is 0.0111 e. The van der Waals surface area contributed by atoms with Crippen LogP contribution in [0.1, 0.15) is 13.3 Å². The lowest BCUT2D eigenvalue weighted by Gasteiger charge is -2.24. The van der Waals surface area contributed by atoms with Crippen molar-refractivity contribution in [2.24, 2.45) is 11.8 Å². The summed E-state index contributed by atoms with van der Waals surface area (Å²) in [5, 5.41) is 3.51. The second-order valence-corrected chi connectivity index (χ2v) is 5.47. The van der Waals surface area contributed by atoms with Crippen molar-refractivity contribution in [3.8, 4) is 0 Å². The second kappa shape index (κ2) is 4.81. The van der Waals surface area contributed by atoms with Gasteiger partial charge in [0.25, 0.3) is 0 Å². The summed E-state index contributed by atoms with van der Waals surface area (Å²) >= 11 is 0. The van der Waals surface area contributed by atoms with Crippen LogP contribution in [0.25, 0.3) is 0 Å². The molecule has 0 amide bonds. The zero-order valence-electron chi connectivity index (χ0n) is 10.4. The third-order valence-electron chi connectivity index (χ3n) is 4.11. The molecule has 2 saturated heterocycles. The molecule has 2 aliphatic rings. The molecule has 0 saturated carbocycles.